The molecule has 1 unspecified atom stereocenters. The normalized spacial score (nSPS) is 19.4. The molecular weight excluding hydrogens is 256 g/mol. The van der Waals surface area contributed by atoms with Crippen LogP contribution in [0.25, 0.3) is 0 Å². The molecule has 6 heteroatoms. The summed E-state index contributed by atoms with van der Waals surface area (Å²) in [5.41, 5.74) is 1.07. The summed E-state index contributed by atoms with van der Waals surface area (Å²) in [5.74, 6) is 0.0723. The molecule has 0 spiro atoms. The Morgan fingerprint density at radius 1 is 1.45 bits per heavy atom. The molecule has 6 nitrogen and oxygen atoms in total. The van der Waals surface area contributed by atoms with Crippen LogP contribution in [-0.4, -0.2) is 35.4 Å². The Labute approximate surface area is 118 Å². The van der Waals surface area contributed by atoms with Gasteiger partial charge in [-0.2, -0.15) is 0 Å². The predicted molar refractivity (Wildman–Crippen MR) is 76.2 cm³/mol. The molecule has 1 aliphatic rings. The van der Waals surface area contributed by atoms with Crippen LogP contribution >= 0.6 is 0 Å². The molecule has 1 saturated heterocycles. The molecule has 2 N–H and O–H groups in total. The fraction of sp³-hybridized carbons (Fsp3) is 0.500. The number of aromatic nitrogens is 1. The maximum atomic E-state index is 11.6. The lowest BCUT2D eigenvalue weighted by atomic mass is 10.2. The number of amides is 2. The van der Waals surface area contributed by atoms with E-state index in [1.807, 2.05) is 12.1 Å². The van der Waals surface area contributed by atoms with Crippen molar-refractivity contribution in [2.24, 2.45) is 0 Å². The van der Waals surface area contributed by atoms with Gasteiger partial charge < -0.3 is 10.2 Å². The third-order valence-electron chi connectivity index (χ3n) is 3.24. The lowest BCUT2D eigenvalue weighted by molar-refractivity contribution is -0.132. The van der Waals surface area contributed by atoms with Crippen molar-refractivity contribution in [1.29, 1.82) is 0 Å². The first kappa shape index (κ1) is 14.5. The molecule has 108 valence electrons. The SMILES string of the molecule is CC(C)NCc1ccc(N2CC(=O)NC(=O)C2C)nc1. The number of hydrogen-bond acceptors (Lipinski definition) is 5. The molecule has 0 aliphatic carbocycles. The van der Waals surface area contributed by atoms with Gasteiger partial charge in [0.25, 0.3) is 0 Å². The fourth-order valence-corrected chi connectivity index (χ4v) is 2.01. The van der Waals surface area contributed by atoms with Gasteiger partial charge in [-0.25, -0.2) is 4.98 Å². The highest BCUT2D eigenvalue weighted by atomic mass is 16.2. The predicted octanol–water partition coefficient (Wildman–Crippen LogP) is 0.431. The molecule has 0 radical (unpaired) electrons. The van der Waals surface area contributed by atoms with Gasteiger partial charge in [-0.3, -0.25) is 14.9 Å². The maximum absolute atomic E-state index is 11.6. The van der Waals surface area contributed by atoms with E-state index in [1.165, 1.54) is 0 Å². The minimum Gasteiger partial charge on any atom is -0.336 e. The Morgan fingerprint density at radius 3 is 2.80 bits per heavy atom. The van der Waals surface area contributed by atoms with Crippen molar-refractivity contribution in [2.75, 3.05) is 11.4 Å². The second kappa shape index (κ2) is 6.00. The first-order valence-corrected chi connectivity index (χ1v) is 6.76. The number of nitrogens with zero attached hydrogens (tertiary/aromatic N) is 2. The largest absolute Gasteiger partial charge is 0.336 e. The quantitative estimate of drug-likeness (QED) is 0.780. The minimum atomic E-state index is -0.389. The van der Waals surface area contributed by atoms with Crippen molar-refractivity contribution in [3.8, 4) is 0 Å². The van der Waals surface area contributed by atoms with Gasteiger partial charge in [0.2, 0.25) is 11.8 Å². The molecule has 1 atom stereocenters. The van der Waals surface area contributed by atoms with Gasteiger partial charge in [0, 0.05) is 18.8 Å². The first-order valence-electron chi connectivity index (χ1n) is 6.76. The summed E-state index contributed by atoms with van der Waals surface area (Å²) < 4.78 is 0. The van der Waals surface area contributed by atoms with Crippen LogP contribution in [0.4, 0.5) is 5.82 Å². The zero-order valence-electron chi connectivity index (χ0n) is 12.0. The Hall–Kier alpha value is -1.95. The van der Waals surface area contributed by atoms with E-state index in [9.17, 15) is 9.59 Å². The van der Waals surface area contributed by atoms with Gasteiger partial charge in [0.1, 0.15) is 11.9 Å². The Balaban J connectivity index is 2.08. The molecule has 0 bridgehead atoms. The lowest BCUT2D eigenvalue weighted by Crippen LogP contribution is -2.57. The molecule has 2 rings (SSSR count). The van der Waals surface area contributed by atoms with Gasteiger partial charge in [-0.15, -0.1) is 0 Å². The number of anilines is 1. The third kappa shape index (κ3) is 3.33. The highest BCUT2D eigenvalue weighted by Gasteiger charge is 2.30. The minimum absolute atomic E-state index is 0.156. The number of rotatable bonds is 4. The van der Waals surface area contributed by atoms with Crippen LogP contribution in [0.1, 0.15) is 26.3 Å². The number of piperazine rings is 1. The highest BCUT2D eigenvalue weighted by molar-refractivity contribution is 6.04. The summed E-state index contributed by atoms with van der Waals surface area (Å²) in [5, 5.41) is 5.63. The second-order valence-corrected chi connectivity index (χ2v) is 5.28. The summed E-state index contributed by atoms with van der Waals surface area (Å²) in [6, 6.07) is 3.83. The molecule has 1 fully saturated rings. The van der Waals surface area contributed by atoms with Crippen molar-refractivity contribution >= 4 is 17.6 Å². The van der Waals surface area contributed by atoms with E-state index >= 15 is 0 Å². The molecule has 0 aromatic carbocycles. The summed E-state index contributed by atoms with van der Waals surface area (Å²) >= 11 is 0. The molecule has 1 aromatic heterocycles. The molecule has 2 amide bonds. The van der Waals surface area contributed by atoms with E-state index < -0.39 is 0 Å². The van der Waals surface area contributed by atoms with Gasteiger partial charge in [0.15, 0.2) is 0 Å². The average Bonchev–Trinajstić information content (AvgIpc) is 2.41. The third-order valence-corrected chi connectivity index (χ3v) is 3.24. The zero-order valence-corrected chi connectivity index (χ0v) is 12.0. The van der Waals surface area contributed by atoms with Crippen LogP contribution in [0.15, 0.2) is 18.3 Å². The number of carbonyl (C=O) groups excluding carboxylic acids is 2. The molecular formula is C14H20N4O2. The van der Waals surface area contributed by atoms with Crippen molar-refractivity contribution in [1.82, 2.24) is 15.6 Å². The monoisotopic (exact) mass is 276 g/mol. The standard InChI is InChI=1S/C14H20N4O2/c1-9(2)15-6-11-4-5-12(16-7-11)18-8-13(19)17-14(20)10(18)3/h4-5,7,9-10,15H,6,8H2,1-3H3,(H,17,19,20). The average molecular weight is 276 g/mol. The van der Waals surface area contributed by atoms with Crippen molar-refractivity contribution in [2.45, 2.75) is 39.4 Å². The Kier molecular flexibility index (Phi) is 4.34. The lowest BCUT2D eigenvalue weighted by Gasteiger charge is -2.32. The van der Waals surface area contributed by atoms with E-state index in [2.05, 4.69) is 29.5 Å². The van der Waals surface area contributed by atoms with Crippen LogP contribution < -0.4 is 15.5 Å². The second-order valence-electron chi connectivity index (χ2n) is 5.28. The van der Waals surface area contributed by atoms with Crippen molar-refractivity contribution in [3.63, 3.8) is 0 Å². The van der Waals surface area contributed by atoms with Gasteiger partial charge in [0.05, 0.1) is 6.54 Å². The number of carbonyl (C=O) groups is 2. The van der Waals surface area contributed by atoms with E-state index in [0.717, 1.165) is 12.1 Å². The van der Waals surface area contributed by atoms with Crippen molar-refractivity contribution in [3.05, 3.63) is 23.9 Å². The molecule has 1 aliphatic heterocycles. The number of nitrogens with one attached hydrogen (secondary N) is 2. The summed E-state index contributed by atoms with van der Waals surface area (Å²) in [4.78, 5) is 29.1. The summed E-state index contributed by atoms with van der Waals surface area (Å²) in [7, 11) is 0. The van der Waals surface area contributed by atoms with Crippen LogP contribution in [0.3, 0.4) is 0 Å². The van der Waals surface area contributed by atoms with E-state index in [-0.39, 0.29) is 24.4 Å². The smallest absolute Gasteiger partial charge is 0.249 e. The van der Waals surface area contributed by atoms with Crippen LogP contribution in [0.2, 0.25) is 0 Å². The van der Waals surface area contributed by atoms with Gasteiger partial charge >= 0.3 is 0 Å². The zero-order chi connectivity index (χ0) is 14.7. The number of hydrogen-bond donors (Lipinski definition) is 2. The molecule has 1 aromatic rings. The van der Waals surface area contributed by atoms with E-state index in [0.29, 0.717) is 11.9 Å². The van der Waals surface area contributed by atoms with Crippen molar-refractivity contribution < 1.29 is 9.59 Å². The Bertz CT molecular complexity index is 498. The first-order chi connectivity index (χ1) is 9.47. The van der Waals surface area contributed by atoms with Gasteiger partial charge in [-0.1, -0.05) is 19.9 Å². The number of pyridine rings is 1. The number of imide groups is 1. The van der Waals surface area contributed by atoms with Crippen LogP contribution in [0.5, 0.6) is 0 Å². The van der Waals surface area contributed by atoms with E-state index in [1.54, 1.807) is 18.0 Å². The molecule has 2 heterocycles. The van der Waals surface area contributed by atoms with E-state index in [4.69, 9.17) is 0 Å². The highest BCUT2D eigenvalue weighted by Crippen LogP contribution is 2.16. The Morgan fingerprint density at radius 2 is 2.20 bits per heavy atom. The molecule has 20 heavy (non-hydrogen) atoms. The summed E-state index contributed by atoms with van der Waals surface area (Å²) in [6.45, 7) is 6.84. The summed E-state index contributed by atoms with van der Waals surface area (Å²) in [6.07, 6.45) is 1.77. The van der Waals surface area contributed by atoms with Crippen LogP contribution in [-0.2, 0) is 16.1 Å². The maximum Gasteiger partial charge on any atom is 0.249 e. The molecule has 0 saturated carbocycles. The fourth-order valence-electron chi connectivity index (χ4n) is 2.01. The van der Waals surface area contributed by atoms with Gasteiger partial charge in [-0.05, 0) is 18.6 Å². The topological polar surface area (TPSA) is 74.3 Å². The van der Waals surface area contributed by atoms with Crippen LogP contribution in [0, 0.1) is 0 Å².